The number of benzene rings is 3. The first-order valence-corrected chi connectivity index (χ1v) is 19.2. The van der Waals surface area contributed by atoms with Gasteiger partial charge in [0.15, 0.2) is 0 Å². The lowest BCUT2D eigenvalue weighted by Crippen LogP contribution is -2.60. The third kappa shape index (κ3) is 11.1. The highest BCUT2D eigenvalue weighted by atomic mass is 16.5. The maximum absolute atomic E-state index is 14.1. The Hall–Kier alpha value is -5.84. The second-order valence-electron chi connectivity index (χ2n) is 14.4. The van der Waals surface area contributed by atoms with Gasteiger partial charge in [0.2, 0.25) is 17.7 Å². The van der Waals surface area contributed by atoms with E-state index in [0.717, 1.165) is 11.1 Å². The molecular weight excluding hydrogens is 732 g/mol. The van der Waals surface area contributed by atoms with E-state index >= 15 is 0 Å². The van der Waals surface area contributed by atoms with Crippen molar-refractivity contribution in [3.05, 3.63) is 107 Å². The highest BCUT2D eigenvalue weighted by Gasteiger charge is 2.40. The second-order valence-corrected chi connectivity index (χ2v) is 14.4. The van der Waals surface area contributed by atoms with Crippen LogP contribution in [0.5, 0.6) is 11.5 Å². The quantitative estimate of drug-likeness (QED) is 0.163. The zero-order valence-corrected chi connectivity index (χ0v) is 32.0. The Morgan fingerprint density at radius 3 is 2.28 bits per heavy atom. The summed E-state index contributed by atoms with van der Waals surface area (Å²) in [6.45, 7) is 2.98. The van der Waals surface area contributed by atoms with Crippen LogP contribution in [0.4, 0.5) is 0 Å². The molecule has 16 nitrogen and oxygen atoms in total. The number of carbonyl (C=O) groups is 4. The summed E-state index contributed by atoms with van der Waals surface area (Å²) in [6, 6.07) is 18.7. The van der Waals surface area contributed by atoms with E-state index in [0.29, 0.717) is 55.3 Å². The number of amides is 3. The zero-order valence-electron chi connectivity index (χ0n) is 32.0. The first-order chi connectivity index (χ1) is 27.6. The van der Waals surface area contributed by atoms with Crippen LogP contribution in [-0.2, 0) is 51.6 Å². The average Bonchev–Trinajstić information content (AvgIpc) is 3.90. The number of likely N-dealkylation sites (N-methyl/N-ethyl adjacent to an activating group) is 1. The van der Waals surface area contributed by atoms with Gasteiger partial charge in [0, 0.05) is 19.4 Å². The maximum Gasteiger partial charge on any atom is 0.326 e. The summed E-state index contributed by atoms with van der Waals surface area (Å²) in [6.07, 6.45) is 1.81. The van der Waals surface area contributed by atoms with E-state index in [1.54, 1.807) is 66.1 Å². The van der Waals surface area contributed by atoms with Gasteiger partial charge in [-0.3, -0.25) is 19.3 Å². The fourth-order valence-corrected chi connectivity index (χ4v) is 6.95. The fraction of sp³-hybridized carbons (Fsp3) is 0.415. The molecule has 1 fully saturated rings. The molecule has 3 amide bonds. The Morgan fingerprint density at radius 2 is 1.60 bits per heavy atom. The molecule has 57 heavy (non-hydrogen) atoms. The third-order valence-electron chi connectivity index (χ3n) is 10.3. The summed E-state index contributed by atoms with van der Waals surface area (Å²) in [5.74, 6) is -1.53. The van der Waals surface area contributed by atoms with Crippen molar-refractivity contribution in [2.75, 3.05) is 20.2 Å². The van der Waals surface area contributed by atoms with Crippen LogP contribution in [0.1, 0.15) is 42.1 Å². The molecule has 1 aromatic heterocycles. The lowest BCUT2D eigenvalue weighted by molar-refractivity contribution is -0.142. The van der Waals surface area contributed by atoms with E-state index in [4.69, 9.17) is 9.47 Å². The number of aliphatic hydroxyl groups is 1. The van der Waals surface area contributed by atoms with E-state index in [9.17, 15) is 29.4 Å². The highest BCUT2D eigenvalue weighted by Crippen LogP contribution is 2.24. The minimum atomic E-state index is -1.29. The van der Waals surface area contributed by atoms with Crippen molar-refractivity contribution in [2.24, 2.45) is 0 Å². The average molecular weight is 783 g/mol. The van der Waals surface area contributed by atoms with Crippen LogP contribution in [0.25, 0.3) is 0 Å². The minimum absolute atomic E-state index is 0.0123. The van der Waals surface area contributed by atoms with E-state index in [1.165, 1.54) is 0 Å². The SMILES string of the molecule is CN[C@@H](C)C(=O)N[C@H]1Cc2ccc(cc2)OCc2cn(nn2)CCOc2ccc(cc2)C[C@H](C(=O)O)NC(=O)[C@H](Cc2ccccc2)NC(=O)[C@@H]2CCCN2C1O. The van der Waals surface area contributed by atoms with Crippen LogP contribution in [0, 0.1) is 0 Å². The Balaban J connectivity index is 1.28. The number of aromatic nitrogens is 3. The van der Waals surface area contributed by atoms with Crippen LogP contribution < -0.4 is 30.7 Å². The predicted octanol–water partition coefficient (Wildman–Crippen LogP) is 1.21. The van der Waals surface area contributed by atoms with Gasteiger partial charge in [-0.1, -0.05) is 59.8 Å². The molecule has 0 aliphatic carbocycles. The van der Waals surface area contributed by atoms with E-state index in [1.807, 2.05) is 42.5 Å². The first kappa shape index (κ1) is 40.8. The molecule has 5 aliphatic heterocycles. The molecule has 6 bridgehead atoms. The van der Waals surface area contributed by atoms with Gasteiger partial charge in [0.25, 0.3) is 0 Å². The van der Waals surface area contributed by atoms with Crippen LogP contribution in [0.2, 0.25) is 0 Å². The number of hydrogen-bond acceptors (Lipinski definition) is 11. The van der Waals surface area contributed by atoms with Crippen molar-refractivity contribution in [1.29, 1.82) is 0 Å². The van der Waals surface area contributed by atoms with Gasteiger partial charge >= 0.3 is 5.97 Å². The summed E-state index contributed by atoms with van der Waals surface area (Å²) in [4.78, 5) is 55.3. The van der Waals surface area contributed by atoms with Crippen LogP contribution >= 0.6 is 0 Å². The molecule has 0 spiro atoms. The van der Waals surface area contributed by atoms with Crippen molar-refractivity contribution in [2.45, 2.75) is 88.6 Å². The van der Waals surface area contributed by atoms with Crippen molar-refractivity contribution < 1.29 is 38.9 Å². The molecule has 5 aliphatic rings. The molecule has 302 valence electrons. The van der Waals surface area contributed by atoms with Gasteiger partial charge < -0.3 is 41.0 Å². The summed E-state index contributed by atoms with van der Waals surface area (Å²) in [5, 5.41) is 41.8. The third-order valence-corrected chi connectivity index (χ3v) is 10.3. The number of aliphatic hydroxyl groups excluding tert-OH is 1. The Kier molecular flexibility index (Phi) is 13.9. The smallest absolute Gasteiger partial charge is 0.326 e. The first-order valence-electron chi connectivity index (χ1n) is 19.2. The Labute approximate surface area is 330 Å². The second kappa shape index (κ2) is 19.3. The van der Waals surface area contributed by atoms with Crippen LogP contribution in [0.15, 0.2) is 85.1 Å². The van der Waals surface area contributed by atoms with Gasteiger partial charge in [0.1, 0.15) is 48.7 Å². The number of hydrogen-bond donors (Lipinski definition) is 6. The summed E-state index contributed by atoms with van der Waals surface area (Å²) in [7, 11) is 1.67. The highest BCUT2D eigenvalue weighted by molar-refractivity contribution is 5.92. The lowest BCUT2D eigenvalue weighted by atomic mass is 10.0. The number of carbonyl (C=O) groups excluding carboxylic acids is 3. The molecule has 0 radical (unpaired) electrons. The van der Waals surface area contributed by atoms with E-state index < -0.39 is 54.2 Å². The van der Waals surface area contributed by atoms with Gasteiger partial charge in [-0.15, -0.1) is 5.10 Å². The lowest BCUT2D eigenvalue weighted by Gasteiger charge is -2.35. The normalized spacial score (nSPS) is 23.1. The van der Waals surface area contributed by atoms with Crippen molar-refractivity contribution in [3.63, 3.8) is 0 Å². The van der Waals surface area contributed by atoms with Gasteiger partial charge in [-0.2, -0.15) is 0 Å². The molecule has 6 heterocycles. The van der Waals surface area contributed by atoms with Crippen LogP contribution in [-0.4, -0.2) is 110 Å². The molecule has 4 aromatic rings. The standard InChI is InChI=1S/C41H50N8O8/c1-26(42-2)37(50)44-34-22-28-12-16-32(17-13-28)57-25-30-24-48(47-46-30)19-20-56-31-14-10-29(11-15-31)23-35(41(54)55)45-38(51)33(21-27-7-4-3-5-8-27)43-39(52)36-9-6-18-49(36)40(34)53/h3-5,7-8,10-17,24,26,33-36,40,42,53H,6,9,18-23,25H2,1-2H3,(H,43,52)(H,44,50)(H,45,51)(H,54,55)/t26-,33-,34-,35+,36-,40?/m0/s1. The Bertz CT molecular complexity index is 1960. The molecule has 0 saturated carbocycles. The number of nitrogens with zero attached hydrogens (tertiary/aromatic N) is 4. The van der Waals surface area contributed by atoms with Gasteiger partial charge in [0.05, 0.1) is 30.9 Å². The molecule has 9 rings (SSSR count). The van der Waals surface area contributed by atoms with Crippen molar-refractivity contribution in [3.8, 4) is 11.5 Å². The largest absolute Gasteiger partial charge is 0.492 e. The number of ether oxygens (including phenoxy) is 2. The topological polar surface area (TPSA) is 209 Å². The number of carboxylic acids is 1. The van der Waals surface area contributed by atoms with Gasteiger partial charge in [-0.25, -0.2) is 9.48 Å². The summed E-state index contributed by atoms with van der Waals surface area (Å²) < 4.78 is 13.5. The number of rotatable bonds is 6. The summed E-state index contributed by atoms with van der Waals surface area (Å²) >= 11 is 0. The van der Waals surface area contributed by atoms with Crippen molar-refractivity contribution in [1.82, 2.24) is 41.2 Å². The molecule has 16 heteroatoms. The van der Waals surface area contributed by atoms with Crippen LogP contribution in [0.3, 0.4) is 0 Å². The number of carboxylic acid groups (broad SMARTS) is 1. The van der Waals surface area contributed by atoms with Crippen molar-refractivity contribution >= 4 is 23.7 Å². The predicted molar refractivity (Wildman–Crippen MR) is 208 cm³/mol. The van der Waals surface area contributed by atoms with E-state index in [-0.39, 0.29) is 31.8 Å². The van der Waals surface area contributed by atoms with E-state index in [2.05, 4.69) is 31.6 Å². The minimum Gasteiger partial charge on any atom is -0.492 e. The molecular formula is C41H50N8O8. The fourth-order valence-electron chi connectivity index (χ4n) is 6.95. The molecule has 6 N–H and O–H groups in total. The molecule has 6 atom stereocenters. The summed E-state index contributed by atoms with van der Waals surface area (Å²) in [5.41, 5.74) is 2.85. The number of nitrogens with one attached hydrogen (secondary N) is 4. The number of aliphatic carboxylic acids is 1. The molecule has 3 aromatic carbocycles. The Morgan fingerprint density at radius 1 is 0.912 bits per heavy atom. The maximum atomic E-state index is 14.1. The molecule has 1 saturated heterocycles. The zero-order chi connectivity index (χ0) is 40.3. The monoisotopic (exact) mass is 782 g/mol. The van der Waals surface area contributed by atoms with Gasteiger partial charge in [-0.05, 0) is 74.2 Å². The molecule has 1 unspecified atom stereocenters.